The lowest BCUT2D eigenvalue weighted by atomic mass is 10.4. The van der Waals surface area contributed by atoms with Gasteiger partial charge in [-0.15, -0.1) is 0 Å². The Morgan fingerprint density at radius 2 is 2.00 bits per heavy atom. The second-order valence-electron chi connectivity index (χ2n) is 3.45. The van der Waals surface area contributed by atoms with Gasteiger partial charge in [-0.2, -0.15) is 5.10 Å². The van der Waals surface area contributed by atoms with Crippen molar-refractivity contribution in [2.24, 2.45) is 0 Å². The molecule has 0 N–H and O–H groups in total. The predicted molar refractivity (Wildman–Crippen MR) is 63.6 cm³/mol. The van der Waals surface area contributed by atoms with Crippen LogP contribution in [0.4, 0.5) is 0 Å². The summed E-state index contributed by atoms with van der Waals surface area (Å²) in [5.41, 5.74) is 0.853. The van der Waals surface area contributed by atoms with Crippen molar-refractivity contribution in [3.8, 4) is 0 Å². The van der Waals surface area contributed by atoms with E-state index >= 15 is 0 Å². The van der Waals surface area contributed by atoms with Gasteiger partial charge in [0.05, 0.1) is 10.7 Å². The number of hydrogen-bond acceptors (Lipinski definition) is 3. The maximum Gasteiger partial charge on any atom is 0.159 e. The van der Waals surface area contributed by atoms with E-state index in [9.17, 15) is 0 Å². The van der Waals surface area contributed by atoms with Gasteiger partial charge in [0.1, 0.15) is 0 Å². The van der Waals surface area contributed by atoms with E-state index in [1.165, 1.54) is 0 Å². The average Bonchev–Trinajstić information content (AvgIpc) is 2.56. The number of aromatic nitrogens is 2. The number of rotatable bonds is 7. The van der Waals surface area contributed by atoms with Crippen LogP contribution in [0.5, 0.6) is 0 Å². The smallest absolute Gasteiger partial charge is 0.159 e. The van der Waals surface area contributed by atoms with Crippen LogP contribution >= 0.6 is 11.6 Å². The van der Waals surface area contributed by atoms with Crippen molar-refractivity contribution in [1.82, 2.24) is 9.78 Å². The van der Waals surface area contributed by atoms with Crippen molar-refractivity contribution in [3.05, 3.63) is 16.9 Å². The summed E-state index contributed by atoms with van der Waals surface area (Å²) in [4.78, 5) is 0. The quantitative estimate of drug-likeness (QED) is 0.694. The molecular formula is C11H19ClN2O2. The van der Waals surface area contributed by atoms with Crippen LogP contribution in [0.1, 0.15) is 26.0 Å². The molecule has 4 nitrogen and oxygen atoms in total. The first-order valence-electron chi connectivity index (χ1n) is 5.60. The third-order valence-corrected chi connectivity index (χ3v) is 2.56. The van der Waals surface area contributed by atoms with Gasteiger partial charge in [-0.05, 0) is 20.8 Å². The van der Waals surface area contributed by atoms with E-state index in [2.05, 4.69) is 5.10 Å². The van der Waals surface area contributed by atoms with Gasteiger partial charge >= 0.3 is 0 Å². The summed E-state index contributed by atoms with van der Waals surface area (Å²) >= 11 is 5.92. The molecule has 0 bridgehead atoms. The highest BCUT2D eigenvalue weighted by Crippen LogP contribution is 2.13. The highest BCUT2D eigenvalue weighted by atomic mass is 35.5. The lowest BCUT2D eigenvalue weighted by molar-refractivity contribution is -0.141. The monoisotopic (exact) mass is 246 g/mol. The molecule has 0 atom stereocenters. The Balaban J connectivity index is 2.41. The van der Waals surface area contributed by atoms with Crippen LogP contribution in [0.25, 0.3) is 0 Å². The standard InChI is InChI=1S/C11H19ClN2O2/c1-4-15-11(16-5-2)6-7-14-8-10(12)9(3)13-14/h8,11H,4-7H2,1-3H3. The zero-order chi connectivity index (χ0) is 12.0. The summed E-state index contributed by atoms with van der Waals surface area (Å²) in [5, 5.41) is 4.97. The van der Waals surface area contributed by atoms with Gasteiger partial charge < -0.3 is 9.47 Å². The Bertz CT molecular complexity index is 289. The van der Waals surface area contributed by atoms with E-state index in [1.807, 2.05) is 31.6 Å². The maximum atomic E-state index is 5.92. The second-order valence-corrected chi connectivity index (χ2v) is 3.86. The molecule has 0 spiro atoms. The zero-order valence-electron chi connectivity index (χ0n) is 10.1. The van der Waals surface area contributed by atoms with E-state index in [4.69, 9.17) is 21.1 Å². The first-order chi connectivity index (χ1) is 7.67. The third kappa shape index (κ3) is 4.12. The van der Waals surface area contributed by atoms with Crippen LogP contribution in [0.2, 0.25) is 5.02 Å². The molecule has 0 aliphatic carbocycles. The highest BCUT2D eigenvalue weighted by Gasteiger charge is 2.09. The van der Waals surface area contributed by atoms with Crippen LogP contribution < -0.4 is 0 Å². The lowest BCUT2D eigenvalue weighted by Crippen LogP contribution is -2.19. The lowest BCUT2D eigenvalue weighted by Gasteiger charge is -2.16. The Morgan fingerprint density at radius 1 is 1.38 bits per heavy atom. The molecule has 0 fully saturated rings. The number of halogens is 1. The van der Waals surface area contributed by atoms with E-state index < -0.39 is 0 Å². The van der Waals surface area contributed by atoms with Crippen molar-refractivity contribution in [2.75, 3.05) is 13.2 Å². The molecule has 5 heteroatoms. The summed E-state index contributed by atoms with van der Waals surface area (Å²) < 4.78 is 12.7. The topological polar surface area (TPSA) is 36.3 Å². The minimum atomic E-state index is -0.154. The van der Waals surface area contributed by atoms with Gasteiger partial charge in [0.25, 0.3) is 0 Å². The van der Waals surface area contributed by atoms with E-state index in [1.54, 1.807) is 0 Å². The van der Waals surface area contributed by atoms with Gasteiger partial charge in [-0.3, -0.25) is 4.68 Å². The van der Waals surface area contributed by atoms with Crippen LogP contribution in [0.3, 0.4) is 0 Å². The molecule has 1 rings (SSSR count). The number of ether oxygens (including phenoxy) is 2. The van der Waals surface area contributed by atoms with E-state index in [0.29, 0.717) is 18.2 Å². The fourth-order valence-corrected chi connectivity index (χ4v) is 1.58. The molecule has 0 saturated heterocycles. The van der Waals surface area contributed by atoms with Crippen LogP contribution in [0.15, 0.2) is 6.20 Å². The molecule has 0 amide bonds. The summed E-state index contributed by atoms with van der Waals surface area (Å²) in [6.45, 7) is 7.87. The number of aryl methyl sites for hydroxylation is 2. The summed E-state index contributed by atoms with van der Waals surface area (Å²) in [6, 6.07) is 0. The predicted octanol–water partition coefficient (Wildman–Crippen LogP) is 2.63. The van der Waals surface area contributed by atoms with Crippen molar-refractivity contribution in [1.29, 1.82) is 0 Å². The largest absolute Gasteiger partial charge is 0.353 e. The Kier molecular flexibility index (Phi) is 5.80. The first kappa shape index (κ1) is 13.5. The third-order valence-electron chi connectivity index (χ3n) is 2.19. The average molecular weight is 247 g/mol. The zero-order valence-corrected chi connectivity index (χ0v) is 10.8. The minimum absolute atomic E-state index is 0.154. The number of nitrogens with zero attached hydrogens (tertiary/aromatic N) is 2. The first-order valence-corrected chi connectivity index (χ1v) is 5.97. The molecule has 1 heterocycles. The summed E-state index contributed by atoms with van der Waals surface area (Å²) in [6.07, 6.45) is 2.45. The molecule has 16 heavy (non-hydrogen) atoms. The van der Waals surface area contributed by atoms with E-state index in [0.717, 1.165) is 18.7 Å². The van der Waals surface area contributed by atoms with Crippen LogP contribution in [-0.2, 0) is 16.0 Å². The van der Waals surface area contributed by atoms with Crippen molar-refractivity contribution in [2.45, 2.75) is 40.0 Å². The highest BCUT2D eigenvalue weighted by molar-refractivity contribution is 6.31. The van der Waals surface area contributed by atoms with E-state index in [-0.39, 0.29) is 6.29 Å². The normalized spacial score (nSPS) is 11.3. The van der Waals surface area contributed by atoms with Gasteiger partial charge in [0.2, 0.25) is 0 Å². The fraction of sp³-hybridized carbons (Fsp3) is 0.727. The molecule has 1 aromatic rings. The summed E-state index contributed by atoms with van der Waals surface area (Å²) in [7, 11) is 0. The Hall–Kier alpha value is -0.580. The van der Waals surface area contributed by atoms with Crippen molar-refractivity contribution >= 4 is 11.6 Å². The molecular weight excluding hydrogens is 228 g/mol. The molecule has 0 radical (unpaired) electrons. The van der Waals surface area contributed by atoms with Crippen molar-refractivity contribution in [3.63, 3.8) is 0 Å². The van der Waals surface area contributed by atoms with Crippen LogP contribution in [-0.4, -0.2) is 29.3 Å². The molecule has 92 valence electrons. The van der Waals surface area contributed by atoms with Gasteiger partial charge in [-0.25, -0.2) is 0 Å². The Labute approximate surface area is 101 Å². The minimum Gasteiger partial charge on any atom is -0.353 e. The number of hydrogen-bond donors (Lipinski definition) is 0. The molecule has 0 aliphatic heterocycles. The molecule has 0 aliphatic rings. The van der Waals surface area contributed by atoms with Crippen molar-refractivity contribution < 1.29 is 9.47 Å². The molecule has 1 aromatic heterocycles. The van der Waals surface area contributed by atoms with Gasteiger partial charge in [-0.1, -0.05) is 11.6 Å². The van der Waals surface area contributed by atoms with Gasteiger partial charge in [0.15, 0.2) is 6.29 Å². The SMILES string of the molecule is CCOC(CCn1cc(Cl)c(C)n1)OCC. The maximum absolute atomic E-state index is 5.92. The summed E-state index contributed by atoms with van der Waals surface area (Å²) in [5.74, 6) is 0. The Morgan fingerprint density at radius 3 is 2.44 bits per heavy atom. The second kappa shape index (κ2) is 6.89. The van der Waals surface area contributed by atoms with Crippen LogP contribution in [0, 0.1) is 6.92 Å². The molecule has 0 unspecified atom stereocenters. The molecule has 0 aromatic carbocycles. The molecule has 0 saturated carbocycles. The van der Waals surface area contributed by atoms with Gasteiger partial charge in [0, 0.05) is 32.4 Å². The fourth-order valence-electron chi connectivity index (χ4n) is 1.43.